The van der Waals surface area contributed by atoms with Gasteiger partial charge in [0.1, 0.15) is 17.0 Å². The fourth-order valence-electron chi connectivity index (χ4n) is 4.78. The second-order valence-corrected chi connectivity index (χ2v) is 8.57. The van der Waals surface area contributed by atoms with E-state index in [1.807, 2.05) is 35.8 Å². The van der Waals surface area contributed by atoms with Crippen LogP contribution in [0.3, 0.4) is 0 Å². The van der Waals surface area contributed by atoms with E-state index in [-0.39, 0.29) is 17.9 Å². The first-order chi connectivity index (χ1) is 14.5. The Morgan fingerprint density at radius 3 is 2.67 bits per heavy atom. The van der Waals surface area contributed by atoms with Crippen LogP contribution in [-0.4, -0.2) is 60.2 Å². The molecular weight excluding hydrogens is 382 g/mol. The van der Waals surface area contributed by atoms with Crippen molar-refractivity contribution in [2.75, 3.05) is 27.4 Å². The lowest BCUT2D eigenvalue weighted by atomic mass is 9.91. The minimum Gasteiger partial charge on any atom is -0.497 e. The zero-order chi connectivity index (χ0) is 21.3. The molecule has 1 N–H and O–H groups in total. The van der Waals surface area contributed by atoms with Crippen molar-refractivity contribution in [2.24, 2.45) is 0 Å². The standard InChI is InChI=1S/C23H31N3O4/c1-23(22(28)24-17-7-5-4-6-8-17)15-25-19-14-18(30-3)10-9-16(19)13-20(25)21(27)26(23)11-12-29-2/h9-10,13-14,17H,4-8,11-12,15H2,1-3H3,(H,24,28). The van der Waals surface area contributed by atoms with Gasteiger partial charge < -0.3 is 24.3 Å². The van der Waals surface area contributed by atoms with Gasteiger partial charge in [0.2, 0.25) is 5.91 Å². The van der Waals surface area contributed by atoms with Crippen LogP contribution in [0.4, 0.5) is 0 Å². The summed E-state index contributed by atoms with van der Waals surface area (Å²) in [6, 6.07) is 7.85. The van der Waals surface area contributed by atoms with Crippen molar-refractivity contribution in [2.45, 2.75) is 57.2 Å². The lowest BCUT2D eigenvalue weighted by molar-refractivity contribution is -0.134. The highest BCUT2D eigenvalue weighted by molar-refractivity contribution is 6.03. The molecule has 1 aliphatic carbocycles. The molecule has 1 aliphatic heterocycles. The number of carbonyl (C=O) groups is 2. The maximum absolute atomic E-state index is 13.5. The smallest absolute Gasteiger partial charge is 0.271 e. The van der Waals surface area contributed by atoms with Crippen LogP contribution in [0.15, 0.2) is 24.3 Å². The molecule has 1 aromatic heterocycles. The molecular formula is C23H31N3O4. The first-order valence-electron chi connectivity index (χ1n) is 10.8. The molecule has 1 aromatic carbocycles. The summed E-state index contributed by atoms with van der Waals surface area (Å²) in [6.45, 7) is 3.02. The Bertz CT molecular complexity index is 947. The maximum atomic E-state index is 13.5. The largest absolute Gasteiger partial charge is 0.497 e. The second-order valence-electron chi connectivity index (χ2n) is 8.57. The molecule has 1 fully saturated rings. The number of carbonyl (C=O) groups excluding carboxylic acids is 2. The van der Waals surface area contributed by atoms with E-state index in [4.69, 9.17) is 9.47 Å². The molecule has 7 nitrogen and oxygen atoms in total. The van der Waals surface area contributed by atoms with Gasteiger partial charge in [0, 0.05) is 31.1 Å². The third-order valence-corrected chi connectivity index (χ3v) is 6.59. The van der Waals surface area contributed by atoms with Gasteiger partial charge in [0.05, 0.1) is 25.8 Å². The summed E-state index contributed by atoms with van der Waals surface area (Å²) in [6.07, 6.45) is 5.51. The van der Waals surface area contributed by atoms with Crippen LogP contribution in [0, 0.1) is 0 Å². The summed E-state index contributed by atoms with van der Waals surface area (Å²) >= 11 is 0. The lowest BCUT2D eigenvalue weighted by Crippen LogP contribution is -2.65. The average molecular weight is 414 g/mol. The number of hydrogen-bond acceptors (Lipinski definition) is 4. The van der Waals surface area contributed by atoms with Crippen LogP contribution in [-0.2, 0) is 16.1 Å². The Balaban J connectivity index is 1.72. The van der Waals surface area contributed by atoms with Gasteiger partial charge in [0.25, 0.3) is 5.91 Å². The van der Waals surface area contributed by atoms with Crippen LogP contribution in [0.5, 0.6) is 5.75 Å². The Hall–Kier alpha value is -2.54. The van der Waals surface area contributed by atoms with E-state index >= 15 is 0 Å². The first kappa shape index (κ1) is 20.7. The van der Waals surface area contributed by atoms with Crippen molar-refractivity contribution in [3.63, 3.8) is 0 Å². The molecule has 1 atom stereocenters. The molecule has 0 bridgehead atoms. The predicted octanol–water partition coefficient (Wildman–Crippen LogP) is 2.96. The van der Waals surface area contributed by atoms with E-state index < -0.39 is 5.54 Å². The number of amides is 2. The van der Waals surface area contributed by atoms with Crippen LogP contribution in [0.25, 0.3) is 10.9 Å². The molecule has 2 amide bonds. The van der Waals surface area contributed by atoms with Gasteiger partial charge in [-0.3, -0.25) is 9.59 Å². The molecule has 30 heavy (non-hydrogen) atoms. The number of fused-ring (bicyclic) bond motifs is 3. The zero-order valence-corrected chi connectivity index (χ0v) is 18.1. The highest BCUT2D eigenvalue weighted by atomic mass is 16.5. The normalized spacial score (nSPS) is 22.2. The first-order valence-corrected chi connectivity index (χ1v) is 10.8. The third-order valence-electron chi connectivity index (χ3n) is 6.59. The molecule has 4 rings (SSSR count). The fraction of sp³-hybridized carbons (Fsp3) is 0.565. The lowest BCUT2D eigenvalue weighted by Gasteiger charge is -2.44. The van der Waals surface area contributed by atoms with E-state index in [9.17, 15) is 9.59 Å². The number of benzene rings is 1. The van der Waals surface area contributed by atoms with Gasteiger partial charge in [-0.15, -0.1) is 0 Å². The number of rotatable bonds is 6. The summed E-state index contributed by atoms with van der Waals surface area (Å²) in [5.41, 5.74) is 0.507. The van der Waals surface area contributed by atoms with Crippen molar-refractivity contribution in [3.05, 3.63) is 30.0 Å². The number of methoxy groups -OCH3 is 2. The molecule has 0 spiro atoms. The highest BCUT2D eigenvalue weighted by Gasteiger charge is 2.48. The van der Waals surface area contributed by atoms with E-state index in [1.54, 1.807) is 19.1 Å². The summed E-state index contributed by atoms with van der Waals surface area (Å²) < 4.78 is 12.6. The maximum Gasteiger partial charge on any atom is 0.271 e. The van der Waals surface area contributed by atoms with Crippen LogP contribution in [0.2, 0.25) is 0 Å². The van der Waals surface area contributed by atoms with E-state index in [0.717, 1.165) is 42.3 Å². The Morgan fingerprint density at radius 1 is 1.20 bits per heavy atom. The summed E-state index contributed by atoms with van der Waals surface area (Å²) in [7, 11) is 3.23. The number of nitrogens with one attached hydrogen (secondary N) is 1. The Kier molecular flexibility index (Phi) is 5.73. The molecule has 7 heteroatoms. The summed E-state index contributed by atoms with van der Waals surface area (Å²) in [4.78, 5) is 28.7. The van der Waals surface area contributed by atoms with Crippen molar-refractivity contribution in [1.29, 1.82) is 0 Å². The van der Waals surface area contributed by atoms with Crippen molar-refractivity contribution in [1.82, 2.24) is 14.8 Å². The molecule has 0 saturated heterocycles. The molecule has 2 heterocycles. The van der Waals surface area contributed by atoms with Crippen LogP contribution in [0.1, 0.15) is 49.5 Å². The van der Waals surface area contributed by atoms with Crippen LogP contribution >= 0.6 is 0 Å². The van der Waals surface area contributed by atoms with Gasteiger partial charge >= 0.3 is 0 Å². The van der Waals surface area contributed by atoms with Gasteiger partial charge in [-0.2, -0.15) is 0 Å². The number of ether oxygens (including phenoxy) is 2. The highest BCUT2D eigenvalue weighted by Crippen LogP contribution is 2.34. The monoisotopic (exact) mass is 413 g/mol. The average Bonchev–Trinajstić information content (AvgIpc) is 3.12. The van der Waals surface area contributed by atoms with Gasteiger partial charge in [-0.25, -0.2) is 0 Å². The molecule has 2 aliphatic rings. The van der Waals surface area contributed by atoms with E-state index in [2.05, 4.69) is 5.32 Å². The molecule has 2 aromatic rings. The number of hydrogen-bond donors (Lipinski definition) is 1. The van der Waals surface area contributed by atoms with Gasteiger partial charge in [-0.1, -0.05) is 19.3 Å². The topological polar surface area (TPSA) is 72.8 Å². The molecule has 1 unspecified atom stereocenters. The summed E-state index contributed by atoms with van der Waals surface area (Å²) in [5.74, 6) is 0.495. The SMILES string of the molecule is COCCN1C(=O)c2cc3ccc(OC)cc3n2CC1(C)C(=O)NC1CCCCC1. The minimum atomic E-state index is -0.991. The zero-order valence-electron chi connectivity index (χ0n) is 18.1. The third kappa shape index (κ3) is 3.55. The van der Waals surface area contributed by atoms with Gasteiger partial charge in [-0.05, 0) is 38.0 Å². The number of nitrogens with zero attached hydrogens (tertiary/aromatic N) is 2. The van der Waals surface area contributed by atoms with E-state index in [1.165, 1.54) is 6.42 Å². The molecule has 1 saturated carbocycles. The van der Waals surface area contributed by atoms with E-state index in [0.29, 0.717) is 25.4 Å². The Morgan fingerprint density at radius 2 is 1.97 bits per heavy atom. The molecule has 0 radical (unpaired) electrons. The van der Waals surface area contributed by atoms with Crippen molar-refractivity contribution < 1.29 is 19.1 Å². The molecule has 162 valence electrons. The second kappa shape index (κ2) is 8.30. The quantitative estimate of drug-likeness (QED) is 0.790. The fourth-order valence-corrected chi connectivity index (χ4v) is 4.78. The van der Waals surface area contributed by atoms with Crippen molar-refractivity contribution in [3.8, 4) is 5.75 Å². The van der Waals surface area contributed by atoms with Crippen LogP contribution < -0.4 is 10.1 Å². The van der Waals surface area contributed by atoms with Crippen molar-refractivity contribution >= 4 is 22.7 Å². The Labute approximate surface area is 177 Å². The minimum absolute atomic E-state index is 0.0887. The summed E-state index contributed by atoms with van der Waals surface area (Å²) in [5, 5.41) is 4.20. The predicted molar refractivity (Wildman–Crippen MR) is 115 cm³/mol. The number of aromatic nitrogens is 1. The van der Waals surface area contributed by atoms with Gasteiger partial charge in [0.15, 0.2) is 0 Å².